The summed E-state index contributed by atoms with van der Waals surface area (Å²) in [5.41, 5.74) is 4.90. The lowest BCUT2D eigenvalue weighted by Gasteiger charge is -2.31. The van der Waals surface area contributed by atoms with Crippen LogP contribution in [0.25, 0.3) is 32.9 Å². The van der Waals surface area contributed by atoms with E-state index >= 15 is 0 Å². The zero-order valence-electron chi connectivity index (χ0n) is 33.8. The second-order valence-corrected chi connectivity index (χ2v) is 17.3. The van der Waals surface area contributed by atoms with Gasteiger partial charge < -0.3 is 25.7 Å². The molecule has 2 amide bonds. The molecule has 3 aromatic carbocycles. The van der Waals surface area contributed by atoms with Crippen molar-refractivity contribution < 1.29 is 23.9 Å². The minimum absolute atomic E-state index is 0.0749. The number of fused-ring (bicyclic) bond motifs is 2. The van der Waals surface area contributed by atoms with Crippen LogP contribution in [0.5, 0.6) is 0 Å². The molecule has 1 aliphatic rings. The number of amides is 2. The average molecular weight is 843 g/mol. The zero-order valence-corrected chi connectivity index (χ0v) is 35.4. The summed E-state index contributed by atoms with van der Waals surface area (Å²) in [6.07, 6.45) is 3.08. The van der Waals surface area contributed by atoms with Crippen LogP contribution >= 0.6 is 19.2 Å². The Morgan fingerprint density at radius 1 is 0.763 bits per heavy atom. The molecule has 0 spiro atoms. The Morgan fingerprint density at radius 3 is 2.24 bits per heavy atom. The summed E-state index contributed by atoms with van der Waals surface area (Å²) in [7, 11) is -4.29. The van der Waals surface area contributed by atoms with Crippen LogP contribution in [0.4, 0.5) is 0 Å². The van der Waals surface area contributed by atoms with Crippen molar-refractivity contribution in [3.8, 4) is 11.3 Å². The highest BCUT2D eigenvalue weighted by molar-refractivity contribution is 7.51. The van der Waals surface area contributed by atoms with Crippen LogP contribution in [-0.4, -0.2) is 125 Å². The van der Waals surface area contributed by atoms with Gasteiger partial charge in [0.15, 0.2) is 0 Å². The molecular formula is C44H56ClN8O5P. The number of pyridine rings is 2. The summed E-state index contributed by atoms with van der Waals surface area (Å²) in [4.78, 5) is 61.6. The van der Waals surface area contributed by atoms with Crippen molar-refractivity contribution in [3.05, 3.63) is 107 Å². The summed E-state index contributed by atoms with van der Waals surface area (Å²) in [5.74, 6) is -0.307. The lowest BCUT2D eigenvalue weighted by Crippen LogP contribution is -2.47. The molecule has 0 bridgehead atoms. The van der Waals surface area contributed by atoms with E-state index in [4.69, 9.17) is 21.6 Å². The molecule has 0 radical (unpaired) electrons. The van der Waals surface area contributed by atoms with E-state index in [0.717, 1.165) is 71.7 Å². The Morgan fingerprint density at radius 2 is 1.46 bits per heavy atom. The lowest BCUT2D eigenvalue weighted by atomic mass is 10.0. The van der Waals surface area contributed by atoms with Gasteiger partial charge in [-0.05, 0) is 55.5 Å². The van der Waals surface area contributed by atoms with Gasteiger partial charge >= 0.3 is 7.60 Å². The van der Waals surface area contributed by atoms with Crippen LogP contribution in [0.15, 0.2) is 84.9 Å². The van der Waals surface area contributed by atoms with E-state index in [0.29, 0.717) is 75.3 Å². The maximum atomic E-state index is 13.1. The molecule has 0 saturated carbocycles. The molecule has 314 valence electrons. The third-order valence-electron chi connectivity index (χ3n) is 10.5. The monoisotopic (exact) mass is 842 g/mol. The first-order chi connectivity index (χ1) is 28.5. The fourth-order valence-electron chi connectivity index (χ4n) is 7.38. The molecule has 1 saturated heterocycles. The Bertz CT molecular complexity index is 2240. The second-order valence-electron chi connectivity index (χ2n) is 15.3. The van der Waals surface area contributed by atoms with Crippen LogP contribution in [0, 0.1) is 6.92 Å². The standard InChI is InChI=1S/C44H56ClN8O5P/c1-33-14-17-40-35(28-33)15-16-36(49-40)30-51-22-20-46-21-23-52(25-27-53(26-24-51)32-59(56,57)58)31-42(54)47-18-8-2-3-9-19-48-44(55)41-29-34-10-4-5-11-37(34)43(50-41)38-12-6-7-13-39(38)45/h4-7,10-17,28-29,46H,2-3,8-9,18-27,30-32H2,1H3,(H,47,54)(H,48,55)(H2,56,57,58). The number of hydrogen-bond donors (Lipinski definition) is 5. The molecule has 0 unspecified atom stereocenters. The van der Waals surface area contributed by atoms with Crippen LogP contribution in [0.3, 0.4) is 0 Å². The predicted octanol–water partition coefficient (Wildman–Crippen LogP) is 5.66. The molecule has 2 aromatic heterocycles. The number of benzene rings is 3. The Balaban J connectivity index is 0.911. The molecule has 13 nitrogen and oxygen atoms in total. The highest BCUT2D eigenvalue weighted by Gasteiger charge is 2.22. The number of halogens is 1. The highest BCUT2D eigenvalue weighted by Crippen LogP contribution is 2.35. The average Bonchev–Trinajstić information content (AvgIpc) is 3.21. The van der Waals surface area contributed by atoms with Crippen LogP contribution in [0.2, 0.25) is 5.02 Å². The molecule has 0 atom stereocenters. The largest absolute Gasteiger partial charge is 0.355 e. The number of aromatic nitrogens is 2. The van der Waals surface area contributed by atoms with E-state index in [1.807, 2.05) is 70.5 Å². The molecule has 1 fully saturated rings. The van der Waals surface area contributed by atoms with Crippen molar-refractivity contribution in [3.63, 3.8) is 0 Å². The first-order valence-electron chi connectivity index (χ1n) is 20.5. The maximum absolute atomic E-state index is 13.1. The summed E-state index contributed by atoms with van der Waals surface area (Å²) in [5, 5.41) is 13.1. The molecule has 1 aliphatic heterocycles. The van der Waals surface area contributed by atoms with Crippen LogP contribution < -0.4 is 16.0 Å². The van der Waals surface area contributed by atoms with E-state index in [1.165, 1.54) is 5.56 Å². The van der Waals surface area contributed by atoms with Crippen molar-refractivity contribution in [1.82, 2.24) is 40.6 Å². The summed E-state index contributed by atoms with van der Waals surface area (Å²) >= 11 is 6.50. The first kappa shape index (κ1) is 44.3. The van der Waals surface area contributed by atoms with Gasteiger partial charge in [-0.1, -0.05) is 84.6 Å². The minimum atomic E-state index is -4.29. The first-order valence-corrected chi connectivity index (χ1v) is 22.7. The SMILES string of the molecule is Cc1ccc2nc(CN3CCNCCN(CC(=O)NCCCCCCNC(=O)c4cc5ccccc5c(-c5ccccc5Cl)n4)CCN(CP(=O)(O)O)CC3)ccc2c1. The number of unbranched alkanes of at least 4 members (excludes halogenated alkanes) is 3. The van der Waals surface area contributed by atoms with Gasteiger partial charge in [0.25, 0.3) is 5.91 Å². The Kier molecular flexibility index (Phi) is 16.4. The third-order valence-corrected chi connectivity index (χ3v) is 11.6. The van der Waals surface area contributed by atoms with E-state index in [1.54, 1.807) is 0 Å². The topological polar surface area (TPSA) is 163 Å². The van der Waals surface area contributed by atoms with Crippen molar-refractivity contribution in [1.29, 1.82) is 0 Å². The molecule has 0 aliphatic carbocycles. The quantitative estimate of drug-likeness (QED) is 0.0653. The number of hydrogen-bond acceptors (Lipinski definition) is 9. The van der Waals surface area contributed by atoms with Gasteiger partial charge in [-0.15, -0.1) is 0 Å². The zero-order chi connectivity index (χ0) is 41.6. The molecule has 15 heteroatoms. The van der Waals surface area contributed by atoms with Gasteiger partial charge in [-0.3, -0.25) is 33.8 Å². The number of nitrogens with one attached hydrogen (secondary N) is 3. The van der Waals surface area contributed by atoms with Crippen molar-refractivity contribution in [2.45, 2.75) is 39.2 Å². The van der Waals surface area contributed by atoms with Gasteiger partial charge in [-0.2, -0.15) is 0 Å². The molecule has 3 heterocycles. The smallest absolute Gasteiger partial charge is 0.339 e. The number of carbonyl (C=O) groups excluding carboxylic acids is 2. The number of nitrogens with zero attached hydrogens (tertiary/aromatic N) is 5. The summed E-state index contributed by atoms with van der Waals surface area (Å²) in [6, 6.07) is 27.5. The van der Waals surface area contributed by atoms with Crippen molar-refractivity contribution in [2.24, 2.45) is 0 Å². The van der Waals surface area contributed by atoms with E-state index in [-0.39, 0.29) is 24.6 Å². The number of rotatable bonds is 15. The Hall–Kier alpha value is -4.30. The van der Waals surface area contributed by atoms with Crippen molar-refractivity contribution in [2.75, 3.05) is 78.3 Å². The van der Waals surface area contributed by atoms with Gasteiger partial charge in [0, 0.05) is 93.4 Å². The summed E-state index contributed by atoms with van der Waals surface area (Å²) in [6.45, 7) is 8.80. The fraction of sp³-hybridized carbons (Fsp3) is 0.409. The molecule has 6 rings (SSSR count). The van der Waals surface area contributed by atoms with Crippen molar-refractivity contribution >= 4 is 52.7 Å². The predicted molar refractivity (Wildman–Crippen MR) is 236 cm³/mol. The number of aryl methyl sites for hydroxylation is 1. The van der Waals surface area contributed by atoms with Gasteiger partial charge in [-0.25, -0.2) is 4.98 Å². The minimum Gasteiger partial charge on any atom is -0.355 e. The fourth-order valence-corrected chi connectivity index (χ4v) is 8.41. The molecule has 5 N–H and O–H groups in total. The number of carbonyl (C=O) groups is 2. The van der Waals surface area contributed by atoms with E-state index < -0.39 is 7.60 Å². The highest BCUT2D eigenvalue weighted by atomic mass is 35.5. The van der Waals surface area contributed by atoms with Gasteiger partial charge in [0.05, 0.1) is 23.4 Å². The second kappa shape index (κ2) is 21.8. The summed E-state index contributed by atoms with van der Waals surface area (Å²) < 4.78 is 12.1. The van der Waals surface area contributed by atoms with E-state index in [2.05, 4.69) is 52.0 Å². The van der Waals surface area contributed by atoms with Gasteiger partial charge in [0.1, 0.15) is 12.0 Å². The third kappa shape index (κ3) is 13.9. The maximum Gasteiger partial charge on any atom is 0.339 e. The Labute approximate surface area is 351 Å². The molecular weight excluding hydrogens is 787 g/mol. The van der Waals surface area contributed by atoms with Gasteiger partial charge in [0.2, 0.25) is 5.91 Å². The molecule has 5 aromatic rings. The molecule has 59 heavy (non-hydrogen) atoms. The van der Waals surface area contributed by atoms with Crippen LogP contribution in [-0.2, 0) is 15.9 Å². The normalized spacial score (nSPS) is 15.5. The van der Waals surface area contributed by atoms with Crippen LogP contribution in [0.1, 0.15) is 47.4 Å². The lowest BCUT2D eigenvalue weighted by molar-refractivity contribution is -0.122. The van der Waals surface area contributed by atoms with E-state index in [9.17, 15) is 23.9 Å².